The van der Waals surface area contributed by atoms with Gasteiger partial charge in [-0.2, -0.15) is 0 Å². The van der Waals surface area contributed by atoms with E-state index in [1.165, 1.54) is 55.3 Å². The van der Waals surface area contributed by atoms with Gasteiger partial charge >= 0.3 is 0 Å². The first-order chi connectivity index (χ1) is 16.0. The molecule has 0 amide bonds. The van der Waals surface area contributed by atoms with Crippen molar-refractivity contribution in [3.05, 3.63) is 110 Å². The highest BCUT2D eigenvalue weighted by molar-refractivity contribution is 7.16. The third-order valence-electron chi connectivity index (χ3n) is 8.27. The highest BCUT2D eigenvalue weighted by Gasteiger charge is 2.49. The van der Waals surface area contributed by atoms with E-state index in [-0.39, 0.29) is 0 Å². The molecule has 0 aliphatic heterocycles. The van der Waals surface area contributed by atoms with Crippen molar-refractivity contribution in [2.24, 2.45) is 5.92 Å². The molecule has 0 bridgehead atoms. The van der Waals surface area contributed by atoms with Gasteiger partial charge in [-0.05, 0) is 89.4 Å². The molecule has 0 N–H and O–H groups in total. The quantitative estimate of drug-likeness (QED) is 0.293. The number of hydrogen-bond donors (Lipinski definition) is 0. The molecule has 0 saturated heterocycles. The van der Waals surface area contributed by atoms with Crippen molar-refractivity contribution in [2.75, 3.05) is 0 Å². The van der Waals surface area contributed by atoms with Crippen LogP contribution in [0.2, 0.25) is 0 Å². The highest BCUT2D eigenvalue weighted by atomic mass is 28.3. The van der Waals surface area contributed by atoms with E-state index in [0.29, 0.717) is 5.92 Å². The molecule has 0 saturated carbocycles. The fourth-order valence-corrected chi connectivity index (χ4v) is 12.8. The van der Waals surface area contributed by atoms with Crippen molar-refractivity contribution < 1.29 is 0 Å². The Kier molecular flexibility index (Phi) is 6.38. The summed E-state index contributed by atoms with van der Waals surface area (Å²) in [6, 6.07) is 21.7. The second-order valence-corrected chi connectivity index (χ2v) is 14.5. The summed E-state index contributed by atoms with van der Waals surface area (Å²) < 4.78 is 0. The van der Waals surface area contributed by atoms with Crippen LogP contribution in [0.25, 0.3) is 0 Å². The van der Waals surface area contributed by atoms with E-state index in [1.54, 1.807) is 15.6 Å². The first kappa shape index (κ1) is 24.5. The molecular weight excluding hydrogens is 424 g/mol. The van der Waals surface area contributed by atoms with Crippen LogP contribution in [0.5, 0.6) is 0 Å². The average Bonchev–Trinajstić information content (AvgIpc) is 2.94. The van der Waals surface area contributed by atoms with Crippen LogP contribution >= 0.6 is 0 Å². The summed E-state index contributed by atoms with van der Waals surface area (Å²) in [5.41, 5.74) is 12.7. The maximum absolute atomic E-state index is 2.56. The molecule has 3 aromatic carbocycles. The molecule has 1 atom stereocenters. The number of allylic oxidation sites excluding steroid dienone is 4. The molecule has 0 spiro atoms. The monoisotopic (exact) mass is 464 g/mol. The van der Waals surface area contributed by atoms with Gasteiger partial charge in [-0.1, -0.05) is 111 Å². The SMILES string of the molecule is CC1=C(C)C(C)C([Si](c2cc(C)cc(C)c2)(c2ccc(C)cc2C)c2ccc(C)cc2C)=C1C. The van der Waals surface area contributed by atoms with Gasteiger partial charge in [-0.15, -0.1) is 0 Å². The molecule has 34 heavy (non-hydrogen) atoms. The van der Waals surface area contributed by atoms with Gasteiger partial charge in [0.25, 0.3) is 0 Å². The van der Waals surface area contributed by atoms with Crippen LogP contribution in [0, 0.1) is 47.5 Å². The molecule has 1 aliphatic rings. The highest BCUT2D eigenvalue weighted by Crippen LogP contribution is 2.42. The number of aryl methyl sites for hydroxylation is 6. The van der Waals surface area contributed by atoms with Crippen LogP contribution in [0.1, 0.15) is 61.1 Å². The molecule has 0 nitrogen and oxygen atoms in total. The molecule has 1 unspecified atom stereocenters. The zero-order chi connectivity index (χ0) is 24.9. The maximum atomic E-state index is 2.49. The second kappa shape index (κ2) is 8.85. The lowest BCUT2D eigenvalue weighted by molar-refractivity contribution is 0.851. The summed E-state index contributed by atoms with van der Waals surface area (Å²) in [7, 11) is -2.56. The van der Waals surface area contributed by atoms with E-state index in [4.69, 9.17) is 0 Å². The summed E-state index contributed by atoms with van der Waals surface area (Å²) in [6.45, 7) is 23.1. The lowest BCUT2D eigenvalue weighted by atomic mass is 10.1. The lowest BCUT2D eigenvalue weighted by Gasteiger charge is -2.41. The van der Waals surface area contributed by atoms with Crippen LogP contribution in [-0.4, -0.2) is 8.07 Å². The average molecular weight is 465 g/mol. The van der Waals surface area contributed by atoms with Crippen LogP contribution in [-0.2, 0) is 0 Å². The van der Waals surface area contributed by atoms with Gasteiger partial charge < -0.3 is 0 Å². The molecule has 0 aromatic heterocycles. The Hall–Kier alpha value is -2.64. The van der Waals surface area contributed by atoms with Gasteiger partial charge in [-0.3, -0.25) is 0 Å². The van der Waals surface area contributed by atoms with Gasteiger partial charge in [0.1, 0.15) is 0 Å². The largest absolute Gasteiger partial charge is 0.177 e. The first-order valence-electron chi connectivity index (χ1n) is 12.6. The molecule has 3 aromatic rings. The Morgan fingerprint density at radius 3 is 1.38 bits per heavy atom. The number of hydrogen-bond acceptors (Lipinski definition) is 0. The number of benzene rings is 3. The van der Waals surface area contributed by atoms with E-state index in [1.807, 2.05) is 0 Å². The minimum Gasteiger partial charge on any atom is -0.0636 e. The Labute approximate surface area is 208 Å². The Balaban J connectivity index is 2.28. The van der Waals surface area contributed by atoms with Gasteiger partial charge in [0.2, 0.25) is 0 Å². The summed E-state index contributed by atoms with van der Waals surface area (Å²) in [5, 5.41) is 6.27. The van der Waals surface area contributed by atoms with Gasteiger partial charge in [0, 0.05) is 0 Å². The van der Waals surface area contributed by atoms with E-state index in [9.17, 15) is 0 Å². The fourth-order valence-electron chi connectivity index (χ4n) is 6.53. The van der Waals surface area contributed by atoms with Crippen molar-refractivity contribution >= 4 is 23.6 Å². The Morgan fingerprint density at radius 2 is 1.00 bits per heavy atom. The first-order valence-corrected chi connectivity index (χ1v) is 14.6. The van der Waals surface area contributed by atoms with Crippen molar-refractivity contribution in [3.63, 3.8) is 0 Å². The fraction of sp³-hybridized carbons (Fsp3) is 0.333. The number of rotatable bonds is 4. The molecule has 4 rings (SSSR count). The molecule has 0 radical (unpaired) electrons. The van der Waals surface area contributed by atoms with Crippen LogP contribution in [0.15, 0.2) is 76.5 Å². The molecule has 176 valence electrons. The van der Waals surface area contributed by atoms with Crippen LogP contribution in [0.4, 0.5) is 0 Å². The van der Waals surface area contributed by atoms with Crippen molar-refractivity contribution in [2.45, 2.75) is 69.2 Å². The molecular formula is C33H40Si. The summed E-state index contributed by atoms with van der Waals surface area (Å²) >= 11 is 0. The minimum absolute atomic E-state index is 0.439. The Bertz CT molecular complexity index is 1280. The van der Waals surface area contributed by atoms with Crippen molar-refractivity contribution in [1.29, 1.82) is 0 Å². The topological polar surface area (TPSA) is 0 Å². The molecule has 1 aliphatic carbocycles. The predicted molar refractivity (Wildman–Crippen MR) is 153 cm³/mol. The van der Waals surface area contributed by atoms with E-state index in [0.717, 1.165) is 0 Å². The van der Waals surface area contributed by atoms with E-state index < -0.39 is 8.07 Å². The summed E-state index contributed by atoms with van der Waals surface area (Å²) in [4.78, 5) is 0. The minimum atomic E-state index is -2.56. The van der Waals surface area contributed by atoms with Gasteiger partial charge in [0.15, 0.2) is 8.07 Å². The Morgan fingerprint density at radius 1 is 0.529 bits per heavy atom. The molecule has 0 fully saturated rings. The van der Waals surface area contributed by atoms with Crippen molar-refractivity contribution in [3.8, 4) is 0 Å². The second-order valence-electron chi connectivity index (χ2n) is 10.8. The molecule has 0 heterocycles. The standard InChI is InChI=1S/C33H40Si/c1-20-11-13-31(24(5)16-20)34(30-18-22(3)15-23(4)19-30,32-14-12-21(2)17-25(32)6)33-28(9)26(7)27(8)29(33)10/h11-19,28H,1-10H3. The lowest BCUT2D eigenvalue weighted by Crippen LogP contribution is -2.71. The summed E-state index contributed by atoms with van der Waals surface area (Å²) in [5.74, 6) is 0.439. The summed E-state index contributed by atoms with van der Waals surface area (Å²) in [6.07, 6.45) is 0. The zero-order valence-electron chi connectivity index (χ0n) is 22.8. The van der Waals surface area contributed by atoms with Crippen molar-refractivity contribution in [1.82, 2.24) is 0 Å². The van der Waals surface area contributed by atoms with E-state index in [2.05, 4.69) is 124 Å². The van der Waals surface area contributed by atoms with Crippen LogP contribution < -0.4 is 15.6 Å². The van der Waals surface area contributed by atoms with Gasteiger partial charge in [-0.25, -0.2) is 0 Å². The smallest absolute Gasteiger partial charge is 0.0636 e. The third-order valence-corrected chi connectivity index (χ3v) is 13.8. The maximum Gasteiger partial charge on any atom is 0.177 e. The van der Waals surface area contributed by atoms with Gasteiger partial charge in [0.05, 0.1) is 0 Å². The van der Waals surface area contributed by atoms with E-state index >= 15 is 0 Å². The molecule has 1 heteroatoms. The van der Waals surface area contributed by atoms with Crippen LogP contribution in [0.3, 0.4) is 0 Å². The normalized spacial score (nSPS) is 16.6. The zero-order valence-corrected chi connectivity index (χ0v) is 23.8. The third kappa shape index (κ3) is 3.75. The predicted octanol–water partition coefficient (Wildman–Crippen LogP) is 6.85.